The number of hydrogen-bond donors (Lipinski definition) is 1. The third-order valence-corrected chi connectivity index (χ3v) is 4.64. The van der Waals surface area contributed by atoms with Crippen LogP contribution in [-0.2, 0) is 6.54 Å². The number of aliphatic hydroxyl groups excluding tert-OH is 1. The Balaban J connectivity index is 2.08. The lowest BCUT2D eigenvalue weighted by molar-refractivity contribution is 0.252. The molecule has 0 radical (unpaired) electrons. The van der Waals surface area contributed by atoms with Crippen LogP contribution in [-0.4, -0.2) is 40.2 Å². The molecular formula is C17H22FNOS. The van der Waals surface area contributed by atoms with Crippen LogP contribution in [0, 0.1) is 17.7 Å². The number of rotatable bonds is 3. The first kappa shape index (κ1) is 16.4. The number of nitrogens with zero attached hydrogens (tertiary/aromatic N) is 1. The first-order valence-corrected chi connectivity index (χ1v) is 8.23. The number of aliphatic hydroxyl groups is 1. The summed E-state index contributed by atoms with van der Waals surface area (Å²) >= 11 is 1.99. The third kappa shape index (κ3) is 5.35. The monoisotopic (exact) mass is 307 g/mol. The van der Waals surface area contributed by atoms with Crippen LogP contribution in [0.3, 0.4) is 0 Å². The van der Waals surface area contributed by atoms with E-state index in [1.165, 1.54) is 6.07 Å². The minimum absolute atomic E-state index is 0.0374. The lowest BCUT2D eigenvalue weighted by atomic mass is 10.1. The molecule has 2 nitrogen and oxygen atoms in total. The predicted octanol–water partition coefficient (Wildman–Crippen LogP) is 2.89. The van der Waals surface area contributed by atoms with Gasteiger partial charge in [0.25, 0.3) is 0 Å². The molecule has 0 aromatic heterocycles. The highest BCUT2D eigenvalue weighted by molar-refractivity contribution is 8.00. The average Bonchev–Trinajstić information content (AvgIpc) is 2.37. The van der Waals surface area contributed by atoms with Gasteiger partial charge < -0.3 is 5.11 Å². The molecule has 0 spiro atoms. The summed E-state index contributed by atoms with van der Waals surface area (Å²) < 4.78 is 14.0. The Morgan fingerprint density at radius 2 is 2.19 bits per heavy atom. The molecule has 0 atom stereocenters. The molecule has 4 heteroatoms. The van der Waals surface area contributed by atoms with Crippen molar-refractivity contribution in [2.24, 2.45) is 0 Å². The van der Waals surface area contributed by atoms with Crippen molar-refractivity contribution in [2.45, 2.75) is 31.6 Å². The van der Waals surface area contributed by atoms with Crippen LogP contribution in [0.2, 0.25) is 0 Å². The first-order chi connectivity index (χ1) is 9.98. The van der Waals surface area contributed by atoms with Crippen molar-refractivity contribution in [1.29, 1.82) is 0 Å². The molecule has 1 aromatic carbocycles. The van der Waals surface area contributed by atoms with Crippen molar-refractivity contribution in [2.75, 3.05) is 25.4 Å². The van der Waals surface area contributed by atoms with E-state index in [1.54, 1.807) is 6.07 Å². The molecular weight excluding hydrogens is 285 g/mol. The Morgan fingerprint density at radius 1 is 1.38 bits per heavy atom. The summed E-state index contributed by atoms with van der Waals surface area (Å²) in [5.74, 6) is 6.62. The van der Waals surface area contributed by atoms with Crippen molar-refractivity contribution in [3.8, 4) is 11.8 Å². The summed E-state index contributed by atoms with van der Waals surface area (Å²) in [5.41, 5.74) is 1.65. The molecule has 0 amide bonds. The van der Waals surface area contributed by atoms with E-state index in [0.717, 1.165) is 31.0 Å². The lowest BCUT2D eigenvalue weighted by Gasteiger charge is -2.37. The van der Waals surface area contributed by atoms with Gasteiger partial charge in [-0.15, -0.1) is 0 Å². The summed E-state index contributed by atoms with van der Waals surface area (Å²) in [5, 5.41) is 8.73. The van der Waals surface area contributed by atoms with Gasteiger partial charge in [-0.05, 0) is 37.6 Å². The highest BCUT2D eigenvalue weighted by atomic mass is 32.2. The topological polar surface area (TPSA) is 23.5 Å². The van der Waals surface area contributed by atoms with Gasteiger partial charge in [0.15, 0.2) is 0 Å². The van der Waals surface area contributed by atoms with E-state index < -0.39 is 0 Å². The Labute approximate surface area is 130 Å². The summed E-state index contributed by atoms with van der Waals surface area (Å²) in [7, 11) is 0. The highest BCUT2D eigenvalue weighted by Crippen LogP contribution is 2.30. The summed E-state index contributed by atoms with van der Waals surface area (Å²) in [6, 6.07) is 4.98. The minimum Gasteiger partial charge on any atom is -0.395 e. The maximum Gasteiger partial charge on any atom is 0.124 e. The van der Waals surface area contributed by atoms with Gasteiger partial charge in [-0.25, -0.2) is 4.39 Å². The zero-order chi connectivity index (χ0) is 15.3. The molecule has 1 aliphatic rings. The standard InChI is InChI=1S/C17H22FNOS/c1-17(2)13-19(6-8-21-17)12-15-9-14(5-3-4-7-20)10-16(18)11-15/h9-11,20H,4,6-8,12-13H2,1-2H3. The van der Waals surface area contributed by atoms with E-state index in [2.05, 4.69) is 30.6 Å². The van der Waals surface area contributed by atoms with Gasteiger partial charge >= 0.3 is 0 Å². The molecule has 1 saturated heterocycles. The van der Waals surface area contributed by atoms with Crippen molar-refractivity contribution >= 4 is 11.8 Å². The zero-order valence-corrected chi connectivity index (χ0v) is 13.5. The van der Waals surface area contributed by atoms with E-state index in [0.29, 0.717) is 12.0 Å². The van der Waals surface area contributed by atoms with Gasteiger partial charge in [0.2, 0.25) is 0 Å². The molecule has 2 rings (SSSR count). The maximum atomic E-state index is 13.7. The minimum atomic E-state index is -0.244. The number of benzene rings is 1. The molecule has 1 fully saturated rings. The molecule has 114 valence electrons. The van der Waals surface area contributed by atoms with Crippen LogP contribution >= 0.6 is 11.8 Å². The summed E-state index contributed by atoms with van der Waals surface area (Å²) in [4.78, 5) is 2.37. The largest absolute Gasteiger partial charge is 0.395 e. The van der Waals surface area contributed by atoms with Gasteiger partial charge in [-0.2, -0.15) is 11.8 Å². The smallest absolute Gasteiger partial charge is 0.124 e. The van der Waals surface area contributed by atoms with Gasteiger partial charge in [0, 0.05) is 42.1 Å². The van der Waals surface area contributed by atoms with Crippen LogP contribution in [0.5, 0.6) is 0 Å². The Kier molecular flexibility index (Phi) is 5.69. The predicted molar refractivity (Wildman–Crippen MR) is 86.8 cm³/mol. The normalized spacial score (nSPS) is 18.1. The number of hydrogen-bond acceptors (Lipinski definition) is 3. The molecule has 0 unspecified atom stereocenters. The van der Waals surface area contributed by atoms with Gasteiger partial charge in [-0.1, -0.05) is 11.8 Å². The highest BCUT2D eigenvalue weighted by Gasteiger charge is 2.26. The molecule has 21 heavy (non-hydrogen) atoms. The lowest BCUT2D eigenvalue weighted by Crippen LogP contribution is -2.42. The fourth-order valence-electron chi connectivity index (χ4n) is 2.54. The van der Waals surface area contributed by atoms with Crippen molar-refractivity contribution in [3.05, 3.63) is 35.1 Å². The maximum absolute atomic E-state index is 13.7. The second-order valence-electron chi connectivity index (χ2n) is 5.94. The molecule has 1 N–H and O–H groups in total. The van der Waals surface area contributed by atoms with Crippen LogP contribution < -0.4 is 0 Å². The van der Waals surface area contributed by atoms with E-state index in [1.807, 2.05) is 17.8 Å². The summed E-state index contributed by atoms with van der Waals surface area (Å²) in [6.07, 6.45) is 0.420. The van der Waals surface area contributed by atoms with Crippen LogP contribution in [0.15, 0.2) is 18.2 Å². The fraction of sp³-hybridized carbons (Fsp3) is 0.529. The molecule has 1 heterocycles. The second-order valence-corrected chi connectivity index (χ2v) is 7.74. The zero-order valence-electron chi connectivity index (χ0n) is 12.7. The molecule has 0 saturated carbocycles. The van der Waals surface area contributed by atoms with Crippen LogP contribution in [0.25, 0.3) is 0 Å². The number of halogens is 1. The average molecular weight is 307 g/mol. The third-order valence-electron chi connectivity index (χ3n) is 3.34. The van der Waals surface area contributed by atoms with Crippen molar-refractivity contribution in [1.82, 2.24) is 4.90 Å². The Bertz CT molecular complexity index is 547. The van der Waals surface area contributed by atoms with Crippen LogP contribution in [0.4, 0.5) is 4.39 Å². The fourth-order valence-corrected chi connectivity index (χ4v) is 3.72. The van der Waals surface area contributed by atoms with Gasteiger partial charge in [-0.3, -0.25) is 4.90 Å². The van der Waals surface area contributed by atoms with Crippen molar-refractivity contribution < 1.29 is 9.50 Å². The van der Waals surface area contributed by atoms with E-state index in [4.69, 9.17) is 5.11 Å². The van der Waals surface area contributed by atoms with E-state index in [9.17, 15) is 4.39 Å². The molecule has 1 aliphatic heterocycles. The Morgan fingerprint density at radius 3 is 2.90 bits per heavy atom. The molecule has 0 aliphatic carbocycles. The SMILES string of the molecule is CC1(C)CN(Cc2cc(F)cc(C#CCCO)c2)CCS1. The molecule has 1 aromatic rings. The summed E-state index contributed by atoms with van der Waals surface area (Å²) in [6.45, 7) is 7.35. The van der Waals surface area contributed by atoms with Gasteiger partial charge in [0.05, 0.1) is 6.61 Å². The van der Waals surface area contributed by atoms with Crippen molar-refractivity contribution in [3.63, 3.8) is 0 Å². The molecule has 0 bridgehead atoms. The second kappa shape index (κ2) is 7.31. The van der Waals surface area contributed by atoms with Gasteiger partial charge in [0.1, 0.15) is 5.82 Å². The van der Waals surface area contributed by atoms with E-state index in [-0.39, 0.29) is 17.2 Å². The van der Waals surface area contributed by atoms with E-state index >= 15 is 0 Å². The van der Waals surface area contributed by atoms with Crippen LogP contribution in [0.1, 0.15) is 31.4 Å². The Hall–Kier alpha value is -1.02. The number of thioether (sulfide) groups is 1. The quantitative estimate of drug-likeness (QED) is 0.869. The first-order valence-electron chi connectivity index (χ1n) is 7.24.